The summed E-state index contributed by atoms with van der Waals surface area (Å²) >= 11 is 1.60. The molecule has 0 N–H and O–H groups in total. The Balaban J connectivity index is 1.75. The van der Waals surface area contributed by atoms with E-state index in [1.54, 1.807) is 30.1 Å². The van der Waals surface area contributed by atoms with E-state index in [1.807, 2.05) is 24.3 Å². The van der Waals surface area contributed by atoms with Crippen molar-refractivity contribution < 1.29 is 4.39 Å². The van der Waals surface area contributed by atoms with Crippen molar-refractivity contribution in [3.63, 3.8) is 0 Å². The molecule has 0 spiro atoms. The van der Waals surface area contributed by atoms with Crippen molar-refractivity contribution in [2.75, 3.05) is 0 Å². The molecule has 0 amide bonds. The molecule has 3 nitrogen and oxygen atoms in total. The minimum atomic E-state index is -0.252. The molecule has 5 heteroatoms. The maximum absolute atomic E-state index is 12.9. The Hall–Kier alpha value is -2.27. The Kier molecular flexibility index (Phi) is 4.21. The van der Waals surface area contributed by atoms with Gasteiger partial charge >= 0.3 is 0 Å². The molecule has 1 aromatic carbocycles. The van der Waals surface area contributed by atoms with E-state index in [9.17, 15) is 4.39 Å². The van der Waals surface area contributed by atoms with Crippen LogP contribution in [0.25, 0.3) is 11.3 Å². The van der Waals surface area contributed by atoms with Gasteiger partial charge in [-0.2, -0.15) is 0 Å². The molecular formula is C16H12FN3S. The van der Waals surface area contributed by atoms with E-state index in [-0.39, 0.29) is 5.82 Å². The first-order valence-corrected chi connectivity index (χ1v) is 7.40. The molecule has 0 radical (unpaired) electrons. The van der Waals surface area contributed by atoms with Gasteiger partial charge in [0, 0.05) is 17.5 Å². The molecule has 0 saturated carbocycles. The normalized spacial score (nSPS) is 10.5. The van der Waals surface area contributed by atoms with Gasteiger partial charge in [-0.25, -0.2) is 14.4 Å². The summed E-state index contributed by atoms with van der Waals surface area (Å²) in [6.45, 7) is 0. The van der Waals surface area contributed by atoms with Gasteiger partial charge in [-0.3, -0.25) is 4.98 Å². The second-order valence-electron chi connectivity index (χ2n) is 4.36. The summed E-state index contributed by atoms with van der Waals surface area (Å²) in [6, 6.07) is 14.0. The van der Waals surface area contributed by atoms with Gasteiger partial charge in [-0.1, -0.05) is 17.8 Å². The Morgan fingerprint density at radius 2 is 1.81 bits per heavy atom. The van der Waals surface area contributed by atoms with Gasteiger partial charge in [-0.05, 0) is 42.5 Å². The third-order valence-corrected chi connectivity index (χ3v) is 3.84. The highest BCUT2D eigenvalue weighted by atomic mass is 32.2. The van der Waals surface area contributed by atoms with Crippen molar-refractivity contribution >= 4 is 11.8 Å². The topological polar surface area (TPSA) is 38.7 Å². The summed E-state index contributed by atoms with van der Waals surface area (Å²) in [5.41, 5.74) is 2.66. The minimum absolute atomic E-state index is 0.252. The third-order valence-electron chi connectivity index (χ3n) is 2.88. The van der Waals surface area contributed by atoms with Gasteiger partial charge in [0.05, 0.1) is 11.4 Å². The highest BCUT2D eigenvalue weighted by molar-refractivity contribution is 7.98. The first-order valence-electron chi connectivity index (χ1n) is 6.42. The van der Waals surface area contributed by atoms with E-state index in [2.05, 4.69) is 15.0 Å². The number of thioether (sulfide) groups is 1. The molecule has 3 rings (SSSR count). The van der Waals surface area contributed by atoms with Crippen LogP contribution in [0.2, 0.25) is 0 Å². The quantitative estimate of drug-likeness (QED) is 0.539. The maximum atomic E-state index is 12.9. The van der Waals surface area contributed by atoms with Gasteiger partial charge < -0.3 is 0 Å². The summed E-state index contributed by atoms with van der Waals surface area (Å²) in [6.07, 6.45) is 3.30. The summed E-state index contributed by atoms with van der Waals surface area (Å²) in [5, 5.41) is 0.870. The van der Waals surface area contributed by atoms with Crippen LogP contribution in [0.5, 0.6) is 0 Å². The fourth-order valence-corrected chi connectivity index (χ4v) is 2.61. The lowest BCUT2D eigenvalue weighted by Crippen LogP contribution is -1.90. The number of rotatable bonds is 4. The van der Waals surface area contributed by atoms with Crippen molar-refractivity contribution in [2.45, 2.75) is 10.8 Å². The minimum Gasteiger partial charge on any atom is -0.260 e. The molecule has 0 aliphatic carbocycles. The summed E-state index contributed by atoms with van der Waals surface area (Å²) in [7, 11) is 0. The molecule has 0 aliphatic rings. The average molecular weight is 297 g/mol. The van der Waals surface area contributed by atoms with Crippen molar-refractivity contribution in [3.8, 4) is 11.3 Å². The Labute approximate surface area is 126 Å². The van der Waals surface area contributed by atoms with Gasteiger partial charge in [0.25, 0.3) is 0 Å². The van der Waals surface area contributed by atoms with E-state index in [4.69, 9.17) is 0 Å². The molecule has 0 unspecified atom stereocenters. The third kappa shape index (κ3) is 3.64. The smallest absolute Gasteiger partial charge is 0.123 e. The van der Waals surface area contributed by atoms with Crippen LogP contribution in [0.3, 0.4) is 0 Å². The predicted octanol–water partition coefficient (Wildman–Crippen LogP) is 3.97. The van der Waals surface area contributed by atoms with Crippen molar-refractivity contribution in [2.24, 2.45) is 0 Å². The predicted molar refractivity (Wildman–Crippen MR) is 81.2 cm³/mol. The maximum Gasteiger partial charge on any atom is 0.123 e. The zero-order chi connectivity index (χ0) is 14.5. The van der Waals surface area contributed by atoms with Crippen LogP contribution in [0.1, 0.15) is 5.69 Å². The van der Waals surface area contributed by atoms with E-state index < -0.39 is 0 Å². The van der Waals surface area contributed by atoms with Gasteiger partial charge in [0.2, 0.25) is 0 Å². The monoisotopic (exact) mass is 297 g/mol. The van der Waals surface area contributed by atoms with Crippen LogP contribution < -0.4 is 0 Å². The number of hydrogen-bond donors (Lipinski definition) is 0. The molecule has 21 heavy (non-hydrogen) atoms. The van der Waals surface area contributed by atoms with E-state index in [1.165, 1.54) is 18.5 Å². The summed E-state index contributed by atoms with van der Waals surface area (Å²) in [5.74, 6) is 0.498. The van der Waals surface area contributed by atoms with E-state index >= 15 is 0 Å². The van der Waals surface area contributed by atoms with E-state index in [0.717, 1.165) is 27.7 Å². The number of nitrogens with zero attached hydrogens (tertiary/aromatic N) is 3. The standard InChI is InChI=1S/C16H12FN3S/c17-13-6-4-12(5-7-13)15-9-16(20-11-19-15)21-10-14-3-1-2-8-18-14/h1-9,11H,10H2. The molecule has 0 bridgehead atoms. The van der Waals surface area contributed by atoms with Crippen LogP contribution in [0.15, 0.2) is 66.1 Å². The number of hydrogen-bond acceptors (Lipinski definition) is 4. The number of benzene rings is 1. The second kappa shape index (κ2) is 6.45. The Bertz CT molecular complexity index is 717. The molecule has 0 saturated heterocycles. The highest BCUT2D eigenvalue weighted by Gasteiger charge is 2.04. The zero-order valence-electron chi connectivity index (χ0n) is 11.1. The fraction of sp³-hybridized carbons (Fsp3) is 0.0625. The molecule has 0 atom stereocenters. The van der Waals surface area contributed by atoms with Gasteiger partial charge in [-0.15, -0.1) is 0 Å². The molecule has 3 aromatic rings. The van der Waals surface area contributed by atoms with E-state index in [0.29, 0.717) is 0 Å². The lowest BCUT2D eigenvalue weighted by atomic mass is 10.1. The first kappa shape index (κ1) is 13.7. The molecule has 104 valence electrons. The van der Waals surface area contributed by atoms with Gasteiger partial charge in [0.1, 0.15) is 17.2 Å². The Morgan fingerprint density at radius 1 is 0.952 bits per heavy atom. The molecular weight excluding hydrogens is 285 g/mol. The van der Waals surface area contributed by atoms with Gasteiger partial charge in [0.15, 0.2) is 0 Å². The SMILES string of the molecule is Fc1ccc(-c2cc(SCc3ccccn3)ncn2)cc1. The molecule has 0 fully saturated rings. The largest absolute Gasteiger partial charge is 0.260 e. The lowest BCUT2D eigenvalue weighted by molar-refractivity contribution is 0.628. The second-order valence-corrected chi connectivity index (χ2v) is 5.35. The summed E-state index contributed by atoms with van der Waals surface area (Å²) in [4.78, 5) is 12.8. The van der Waals surface area contributed by atoms with Crippen LogP contribution in [-0.2, 0) is 5.75 Å². The molecule has 2 aromatic heterocycles. The highest BCUT2D eigenvalue weighted by Crippen LogP contribution is 2.24. The lowest BCUT2D eigenvalue weighted by Gasteiger charge is -2.04. The first-order chi connectivity index (χ1) is 10.3. The molecule has 2 heterocycles. The summed E-state index contributed by atoms with van der Waals surface area (Å²) < 4.78 is 12.9. The van der Waals surface area contributed by atoms with Crippen LogP contribution in [0.4, 0.5) is 4.39 Å². The fourth-order valence-electron chi connectivity index (χ4n) is 1.83. The number of halogens is 1. The number of aromatic nitrogens is 3. The van der Waals surface area contributed by atoms with Crippen molar-refractivity contribution in [1.29, 1.82) is 0 Å². The van der Waals surface area contributed by atoms with Crippen molar-refractivity contribution in [1.82, 2.24) is 15.0 Å². The van der Waals surface area contributed by atoms with Crippen LogP contribution in [-0.4, -0.2) is 15.0 Å². The van der Waals surface area contributed by atoms with Crippen molar-refractivity contribution in [3.05, 3.63) is 72.6 Å². The Morgan fingerprint density at radius 3 is 2.57 bits per heavy atom. The van der Waals surface area contributed by atoms with Crippen LogP contribution in [0, 0.1) is 5.82 Å². The average Bonchev–Trinajstić information content (AvgIpc) is 2.55. The van der Waals surface area contributed by atoms with Crippen LogP contribution >= 0.6 is 11.8 Å². The number of pyridine rings is 1. The zero-order valence-corrected chi connectivity index (χ0v) is 11.9. The molecule has 0 aliphatic heterocycles.